The van der Waals surface area contributed by atoms with Crippen LogP contribution in [0.1, 0.15) is 5.56 Å². The van der Waals surface area contributed by atoms with Gasteiger partial charge in [-0.2, -0.15) is 0 Å². The fourth-order valence-electron chi connectivity index (χ4n) is 1.32. The Balaban J connectivity index is 2.57. The number of alkyl halides is 3. The highest BCUT2D eigenvalue weighted by Gasteiger charge is 2.31. The minimum absolute atomic E-state index is 0.0479. The number of hydrogen-bond donors (Lipinski definition) is 3. The number of hydrogen-bond acceptors (Lipinski definition) is 4. The molecule has 0 saturated carbocycles. The number of benzene rings is 1. The summed E-state index contributed by atoms with van der Waals surface area (Å²) in [5.41, 5.74) is 5.50. The number of aliphatic hydroxyl groups is 1. The van der Waals surface area contributed by atoms with Crippen molar-refractivity contribution in [2.24, 2.45) is 5.73 Å². The molecule has 0 radical (unpaired) electrons. The Morgan fingerprint density at radius 1 is 1.50 bits per heavy atom. The number of aliphatic hydroxyl groups excluding tert-OH is 1. The number of nitrogens with two attached hydrogens (primary N) is 1. The summed E-state index contributed by atoms with van der Waals surface area (Å²) in [4.78, 5) is 10.6. The third-order valence-corrected chi connectivity index (χ3v) is 2.84. The van der Waals surface area contributed by atoms with E-state index >= 15 is 0 Å². The van der Waals surface area contributed by atoms with Gasteiger partial charge in [-0.3, -0.25) is 4.79 Å². The van der Waals surface area contributed by atoms with E-state index in [4.69, 9.17) is 10.8 Å². The molecule has 0 fully saturated rings. The SMILES string of the molecule is NC(=O)C(O)CNCc1ccc(OC(F)(F)F)c(Br)c1. The average molecular weight is 357 g/mol. The van der Waals surface area contributed by atoms with Crippen molar-refractivity contribution in [2.75, 3.05) is 6.54 Å². The molecule has 0 spiro atoms. The largest absolute Gasteiger partial charge is 0.573 e. The first-order valence-corrected chi connectivity index (χ1v) is 6.20. The molecule has 112 valence electrons. The normalized spacial score (nSPS) is 13.1. The summed E-state index contributed by atoms with van der Waals surface area (Å²) in [6.07, 6.45) is -6.07. The van der Waals surface area contributed by atoms with E-state index in [0.29, 0.717) is 5.56 Å². The number of primary amides is 1. The molecule has 0 aliphatic heterocycles. The molecule has 1 amide bonds. The van der Waals surface area contributed by atoms with Gasteiger partial charge in [0.05, 0.1) is 4.47 Å². The number of carbonyl (C=O) groups is 1. The van der Waals surface area contributed by atoms with Gasteiger partial charge in [-0.05, 0) is 33.6 Å². The van der Waals surface area contributed by atoms with Crippen LogP contribution >= 0.6 is 15.9 Å². The first kappa shape index (κ1) is 16.7. The molecule has 5 nitrogen and oxygen atoms in total. The zero-order chi connectivity index (χ0) is 15.3. The maximum atomic E-state index is 12.1. The van der Waals surface area contributed by atoms with Crippen LogP contribution < -0.4 is 15.8 Å². The van der Waals surface area contributed by atoms with E-state index in [0.717, 1.165) is 0 Å². The van der Waals surface area contributed by atoms with Crippen LogP contribution in [0.2, 0.25) is 0 Å². The molecule has 0 saturated heterocycles. The van der Waals surface area contributed by atoms with Gasteiger partial charge in [-0.25, -0.2) is 0 Å². The minimum atomic E-state index is -4.76. The van der Waals surface area contributed by atoms with Crippen molar-refractivity contribution < 1.29 is 27.8 Å². The van der Waals surface area contributed by atoms with Crippen LogP contribution in [-0.4, -0.2) is 30.0 Å². The summed E-state index contributed by atoms with van der Waals surface area (Å²) < 4.78 is 40.1. The third-order valence-electron chi connectivity index (χ3n) is 2.22. The molecule has 4 N–H and O–H groups in total. The number of amides is 1. The van der Waals surface area contributed by atoms with Crippen molar-refractivity contribution >= 4 is 21.8 Å². The van der Waals surface area contributed by atoms with E-state index in [1.807, 2.05) is 0 Å². The van der Waals surface area contributed by atoms with Crippen LogP contribution in [0, 0.1) is 0 Å². The predicted molar refractivity (Wildman–Crippen MR) is 67.7 cm³/mol. The van der Waals surface area contributed by atoms with E-state index < -0.39 is 18.4 Å². The standard InChI is InChI=1S/C11H12BrF3N2O3/c12-7-3-6(4-17-5-8(18)10(16)19)1-2-9(7)20-11(13,14)15/h1-3,8,17-18H,4-5H2,(H2,16,19). The molecule has 0 aliphatic carbocycles. The molecular formula is C11H12BrF3N2O3. The van der Waals surface area contributed by atoms with Crippen LogP contribution in [0.4, 0.5) is 13.2 Å². The molecule has 1 rings (SSSR count). The molecular weight excluding hydrogens is 345 g/mol. The van der Waals surface area contributed by atoms with E-state index in [-0.39, 0.29) is 23.3 Å². The van der Waals surface area contributed by atoms with E-state index in [1.165, 1.54) is 18.2 Å². The summed E-state index contributed by atoms with van der Waals surface area (Å²) in [6.45, 7) is 0.197. The second-order valence-corrected chi connectivity index (χ2v) is 4.72. The maximum Gasteiger partial charge on any atom is 0.573 e. The van der Waals surface area contributed by atoms with Crippen molar-refractivity contribution in [1.82, 2.24) is 5.32 Å². The first-order valence-electron chi connectivity index (χ1n) is 5.41. The second kappa shape index (κ2) is 6.91. The molecule has 1 aromatic rings. The Labute approximate surface area is 121 Å². The average Bonchev–Trinajstić information content (AvgIpc) is 2.30. The summed E-state index contributed by atoms with van der Waals surface area (Å²) in [5.74, 6) is -1.20. The van der Waals surface area contributed by atoms with Crippen LogP contribution in [0.5, 0.6) is 5.75 Å². The Morgan fingerprint density at radius 2 is 2.15 bits per heavy atom. The lowest BCUT2D eigenvalue weighted by Gasteiger charge is -2.12. The lowest BCUT2D eigenvalue weighted by Crippen LogP contribution is -2.37. The second-order valence-electron chi connectivity index (χ2n) is 3.86. The van der Waals surface area contributed by atoms with Crippen molar-refractivity contribution in [1.29, 1.82) is 0 Å². The van der Waals surface area contributed by atoms with Gasteiger partial charge in [0, 0.05) is 13.1 Å². The van der Waals surface area contributed by atoms with Crippen molar-refractivity contribution in [2.45, 2.75) is 19.0 Å². The van der Waals surface area contributed by atoms with Gasteiger partial charge >= 0.3 is 6.36 Å². The molecule has 1 atom stereocenters. The zero-order valence-corrected chi connectivity index (χ0v) is 11.7. The van der Waals surface area contributed by atoms with Gasteiger partial charge in [-0.15, -0.1) is 13.2 Å². The Kier molecular flexibility index (Phi) is 5.78. The van der Waals surface area contributed by atoms with Crippen LogP contribution in [-0.2, 0) is 11.3 Å². The zero-order valence-electron chi connectivity index (χ0n) is 10.1. The highest BCUT2D eigenvalue weighted by molar-refractivity contribution is 9.10. The molecule has 9 heteroatoms. The Morgan fingerprint density at radius 3 is 2.65 bits per heavy atom. The molecule has 0 aliphatic rings. The number of rotatable bonds is 6. The number of nitrogens with one attached hydrogen (secondary N) is 1. The highest BCUT2D eigenvalue weighted by atomic mass is 79.9. The molecule has 1 unspecified atom stereocenters. The summed E-state index contributed by atoms with van der Waals surface area (Å²) >= 11 is 2.97. The van der Waals surface area contributed by atoms with E-state index in [1.54, 1.807) is 0 Å². The molecule has 0 bridgehead atoms. The van der Waals surface area contributed by atoms with Gasteiger partial charge in [0.2, 0.25) is 5.91 Å². The lowest BCUT2D eigenvalue weighted by atomic mass is 10.2. The third kappa shape index (κ3) is 5.76. The summed E-state index contributed by atoms with van der Waals surface area (Å²) in [7, 11) is 0. The van der Waals surface area contributed by atoms with Crippen molar-refractivity contribution in [3.63, 3.8) is 0 Å². The van der Waals surface area contributed by atoms with E-state index in [2.05, 4.69) is 26.0 Å². The minimum Gasteiger partial charge on any atom is -0.405 e. The molecule has 0 heterocycles. The quantitative estimate of drug-likeness (QED) is 0.716. The number of halogens is 4. The van der Waals surface area contributed by atoms with Crippen LogP contribution in [0.25, 0.3) is 0 Å². The maximum absolute atomic E-state index is 12.1. The summed E-state index contributed by atoms with van der Waals surface area (Å²) in [6, 6.07) is 4.03. The predicted octanol–water partition coefficient (Wildman–Crippen LogP) is 1.28. The van der Waals surface area contributed by atoms with Gasteiger partial charge in [0.25, 0.3) is 0 Å². The van der Waals surface area contributed by atoms with Crippen molar-refractivity contribution in [3.05, 3.63) is 28.2 Å². The van der Waals surface area contributed by atoms with E-state index in [9.17, 15) is 18.0 Å². The monoisotopic (exact) mass is 356 g/mol. The van der Waals surface area contributed by atoms with Gasteiger partial charge in [0.15, 0.2) is 0 Å². The highest BCUT2D eigenvalue weighted by Crippen LogP contribution is 2.30. The molecule has 1 aromatic carbocycles. The van der Waals surface area contributed by atoms with Crippen molar-refractivity contribution in [3.8, 4) is 5.75 Å². The first-order chi connectivity index (χ1) is 9.19. The van der Waals surface area contributed by atoms with Gasteiger partial charge < -0.3 is 20.9 Å². The Bertz CT molecular complexity index is 482. The fourth-order valence-corrected chi connectivity index (χ4v) is 1.82. The number of carbonyl (C=O) groups excluding carboxylic acids is 1. The molecule has 0 aromatic heterocycles. The topological polar surface area (TPSA) is 84.6 Å². The summed E-state index contributed by atoms with van der Waals surface area (Å²) in [5, 5.41) is 11.9. The van der Waals surface area contributed by atoms with Crippen LogP contribution in [0.3, 0.4) is 0 Å². The van der Waals surface area contributed by atoms with Gasteiger partial charge in [-0.1, -0.05) is 6.07 Å². The molecule has 20 heavy (non-hydrogen) atoms. The fraction of sp³-hybridized carbons (Fsp3) is 0.364. The van der Waals surface area contributed by atoms with Gasteiger partial charge in [0.1, 0.15) is 11.9 Å². The number of ether oxygens (including phenoxy) is 1. The van der Waals surface area contributed by atoms with Crippen LogP contribution in [0.15, 0.2) is 22.7 Å². The lowest BCUT2D eigenvalue weighted by molar-refractivity contribution is -0.274. The Hall–Kier alpha value is -1.32. The smallest absolute Gasteiger partial charge is 0.405 e.